The molecule has 0 unspecified atom stereocenters. The van der Waals surface area contributed by atoms with Gasteiger partial charge in [-0.2, -0.15) is 13.2 Å². The summed E-state index contributed by atoms with van der Waals surface area (Å²) in [4.78, 5) is 34.8. The number of carboxylic acids is 1. The molecule has 0 radical (unpaired) electrons. The van der Waals surface area contributed by atoms with Gasteiger partial charge in [-0.15, -0.1) is 11.3 Å². The van der Waals surface area contributed by atoms with Crippen LogP contribution in [0.15, 0.2) is 18.6 Å². The molecule has 4 N–H and O–H groups in total. The molecule has 1 amide bonds. The fraction of sp³-hybridized carbons (Fsp3) is 0.235. The molecule has 13 heteroatoms. The zero-order chi connectivity index (χ0) is 22.6. The number of nitrogen functional groups attached to an aromatic ring is 1. The predicted octanol–water partition coefficient (Wildman–Crippen LogP) is 3.50. The van der Waals surface area contributed by atoms with Crippen molar-refractivity contribution in [2.75, 3.05) is 5.73 Å². The Kier molecular flexibility index (Phi) is 7.16. The number of carbonyl (C=O) groups is 2. The zero-order valence-electron chi connectivity index (χ0n) is 15.5. The number of nitrogens with two attached hydrogens (primary N) is 1. The quantitative estimate of drug-likeness (QED) is 0.544. The lowest BCUT2D eigenvalue weighted by Gasteiger charge is -2.05. The van der Waals surface area contributed by atoms with Gasteiger partial charge in [-0.25, -0.2) is 19.7 Å². The lowest BCUT2D eigenvalue weighted by Crippen LogP contribution is -2.23. The van der Waals surface area contributed by atoms with Gasteiger partial charge in [0.05, 0.1) is 28.6 Å². The first-order chi connectivity index (χ1) is 13.9. The standard InChI is InChI=1S/C15H14ClN5OS.C2HF3O2/c1-7-10-12(17)13(23-15(10)21-8(2)11(7)16)14(22)19-5-9-3-4-18-6-20-9;3-2(4,5)1(6)7/h3-4,6H,5,17H2,1-2H3,(H,19,22);(H,6,7). The van der Waals surface area contributed by atoms with E-state index in [9.17, 15) is 18.0 Å². The minimum atomic E-state index is -5.08. The Bertz CT molecular complexity index is 1090. The first-order valence-corrected chi connectivity index (χ1v) is 9.30. The van der Waals surface area contributed by atoms with Crippen molar-refractivity contribution in [2.24, 2.45) is 0 Å². The highest BCUT2D eigenvalue weighted by Crippen LogP contribution is 2.38. The third-order valence-electron chi connectivity index (χ3n) is 3.74. The summed E-state index contributed by atoms with van der Waals surface area (Å²) in [6, 6.07) is 1.74. The summed E-state index contributed by atoms with van der Waals surface area (Å²) in [5.41, 5.74) is 8.86. The number of alkyl halides is 3. The Labute approximate surface area is 176 Å². The highest BCUT2D eigenvalue weighted by atomic mass is 35.5. The van der Waals surface area contributed by atoms with Crippen molar-refractivity contribution >= 4 is 50.7 Å². The number of hydrogen-bond donors (Lipinski definition) is 3. The van der Waals surface area contributed by atoms with E-state index >= 15 is 0 Å². The van der Waals surface area contributed by atoms with Crippen molar-refractivity contribution in [2.45, 2.75) is 26.6 Å². The molecule has 3 rings (SSSR count). The Hall–Kier alpha value is -2.99. The number of aromatic nitrogens is 3. The number of aliphatic carboxylic acids is 1. The fourth-order valence-electron chi connectivity index (χ4n) is 2.30. The lowest BCUT2D eigenvalue weighted by molar-refractivity contribution is -0.192. The number of carbonyl (C=O) groups excluding carboxylic acids is 1. The van der Waals surface area contributed by atoms with Gasteiger partial charge in [-0.05, 0) is 25.5 Å². The van der Waals surface area contributed by atoms with Crippen LogP contribution >= 0.6 is 22.9 Å². The molecule has 0 saturated heterocycles. The fourth-order valence-corrected chi connectivity index (χ4v) is 3.55. The first kappa shape index (κ1) is 23.3. The number of carboxylic acid groups (broad SMARTS) is 1. The summed E-state index contributed by atoms with van der Waals surface area (Å²) in [6.07, 6.45) is -2.02. The number of rotatable bonds is 3. The van der Waals surface area contributed by atoms with Crippen LogP contribution in [-0.2, 0) is 11.3 Å². The van der Waals surface area contributed by atoms with Crippen LogP contribution in [0, 0.1) is 13.8 Å². The van der Waals surface area contributed by atoms with Crippen molar-refractivity contribution in [1.29, 1.82) is 0 Å². The molecule has 3 aromatic rings. The Morgan fingerprint density at radius 1 is 1.33 bits per heavy atom. The molecule has 160 valence electrons. The molecule has 0 atom stereocenters. The lowest BCUT2D eigenvalue weighted by atomic mass is 10.1. The Morgan fingerprint density at radius 3 is 2.50 bits per heavy atom. The van der Waals surface area contributed by atoms with Gasteiger partial charge in [0, 0.05) is 11.6 Å². The summed E-state index contributed by atoms with van der Waals surface area (Å²) in [5, 5.41) is 11.3. The molecule has 0 aliphatic rings. The second-order valence-electron chi connectivity index (χ2n) is 5.85. The van der Waals surface area contributed by atoms with Crippen LogP contribution in [0.2, 0.25) is 5.02 Å². The maximum atomic E-state index is 12.4. The summed E-state index contributed by atoms with van der Waals surface area (Å²) in [7, 11) is 0. The highest BCUT2D eigenvalue weighted by Gasteiger charge is 2.38. The van der Waals surface area contributed by atoms with Gasteiger partial charge in [-0.1, -0.05) is 11.6 Å². The van der Waals surface area contributed by atoms with E-state index in [4.69, 9.17) is 27.2 Å². The van der Waals surface area contributed by atoms with E-state index < -0.39 is 12.1 Å². The third-order valence-corrected chi connectivity index (χ3v) is 5.39. The van der Waals surface area contributed by atoms with E-state index in [1.807, 2.05) is 13.8 Å². The normalized spacial score (nSPS) is 11.0. The van der Waals surface area contributed by atoms with Crippen LogP contribution in [0.25, 0.3) is 10.2 Å². The molecule has 30 heavy (non-hydrogen) atoms. The minimum absolute atomic E-state index is 0.253. The summed E-state index contributed by atoms with van der Waals surface area (Å²) in [5.74, 6) is -3.01. The second kappa shape index (κ2) is 9.22. The number of halogens is 4. The van der Waals surface area contributed by atoms with Crippen molar-refractivity contribution in [3.05, 3.63) is 45.4 Å². The van der Waals surface area contributed by atoms with E-state index in [-0.39, 0.29) is 5.91 Å². The molecule has 0 saturated carbocycles. The van der Waals surface area contributed by atoms with Gasteiger partial charge in [0.2, 0.25) is 0 Å². The third kappa shape index (κ3) is 5.33. The molecule has 0 aromatic carbocycles. The molecular formula is C17H15ClF3N5O3S. The van der Waals surface area contributed by atoms with E-state index in [0.717, 1.165) is 22.3 Å². The largest absolute Gasteiger partial charge is 0.490 e. The van der Waals surface area contributed by atoms with Gasteiger partial charge in [0.25, 0.3) is 5.91 Å². The number of pyridine rings is 1. The van der Waals surface area contributed by atoms with E-state index in [1.54, 1.807) is 12.3 Å². The average molecular weight is 462 g/mol. The molecule has 0 aliphatic carbocycles. The molecule has 0 spiro atoms. The smallest absolute Gasteiger partial charge is 0.475 e. The van der Waals surface area contributed by atoms with Crippen LogP contribution < -0.4 is 11.1 Å². The van der Waals surface area contributed by atoms with Gasteiger partial charge in [-0.3, -0.25) is 4.79 Å². The van der Waals surface area contributed by atoms with Crippen molar-refractivity contribution in [3.8, 4) is 0 Å². The topological polar surface area (TPSA) is 131 Å². The number of thiophene rings is 1. The molecule has 3 aromatic heterocycles. The van der Waals surface area contributed by atoms with Crippen molar-refractivity contribution in [1.82, 2.24) is 20.3 Å². The van der Waals surface area contributed by atoms with Gasteiger partial charge >= 0.3 is 12.1 Å². The van der Waals surface area contributed by atoms with E-state index in [1.165, 1.54) is 17.7 Å². The maximum absolute atomic E-state index is 12.4. The number of nitrogens with zero attached hydrogens (tertiary/aromatic N) is 3. The Morgan fingerprint density at radius 2 is 1.97 bits per heavy atom. The monoisotopic (exact) mass is 461 g/mol. The van der Waals surface area contributed by atoms with E-state index in [2.05, 4.69) is 20.3 Å². The van der Waals surface area contributed by atoms with Crippen LogP contribution in [-0.4, -0.2) is 38.1 Å². The molecule has 0 aliphatic heterocycles. The number of anilines is 1. The average Bonchev–Trinajstić information content (AvgIpc) is 3.01. The van der Waals surface area contributed by atoms with Crippen LogP contribution in [0.3, 0.4) is 0 Å². The molecular weight excluding hydrogens is 447 g/mol. The molecule has 0 bridgehead atoms. The first-order valence-electron chi connectivity index (χ1n) is 8.11. The van der Waals surface area contributed by atoms with E-state index in [0.29, 0.717) is 27.0 Å². The number of nitrogens with one attached hydrogen (secondary N) is 1. The number of amides is 1. The van der Waals surface area contributed by atoms with Gasteiger partial charge in [0.15, 0.2) is 0 Å². The Balaban J connectivity index is 0.000000396. The summed E-state index contributed by atoms with van der Waals surface area (Å²) < 4.78 is 31.7. The maximum Gasteiger partial charge on any atom is 0.490 e. The van der Waals surface area contributed by atoms with Gasteiger partial charge < -0.3 is 16.2 Å². The molecule has 0 fully saturated rings. The highest BCUT2D eigenvalue weighted by molar-refractivity contribution is 7.21. The predicted molar refractivity (Wildman–Crippen MR) is 105 cm³/mol. The van der Waals surface area contributed by atoms with Crippen molar-refractivity contribution < 1.29 is 27.9 Å². The van der Waals surface area contributed by atoms with Gasteiger partial charge in [0.1, 0.15) is 16.0 Å². The van der Waals surface area contributed by atoms with Crippen molar-refractivity contribution in [3.63, 3.8) is 0 Å². The van der Waals surface area contributed by atoms with Crippen LogP contribution in [0.1, 0.15) is 26.6 Å². The summed E-state index contributed by atoms with van der Waals surface area (Å²) >= 11 is 7.50. The number of fused-ring (bicyclic) bond motifs is 1. The SMILES string of the molecule is Cc1nc2sc(C(=O)NCc3ccncn3)c(N)c2c(C)c1Cl.O=C(O)C(F)(F)F. The molecule has 8 nitrogen and oxygen atoms in total. The van der Waals surface area contributed by atoms with Crippen LogP contribution in [0.4, 0.5) is 18.9 Å². The minimum Gasteiger partial charge on any atom is -0.475 e. The second-order valence-corrected chi connectivity index (χ2v) is 7.22. The number of aryl methyl sites for hydroxylation is 2. The van der Waals surface area contributed by atoms with Crippen LogP contribution in [0.5, 0.6) is 0 Å². The molecule has 3 heterocycles. The summed E-state index contributed by atoms with van der Waals surface area (Å²) in [6.45, 7) is 4.02. The number of hydrogen-bond acceptors (Lipinski definition) is 7. The zero-order valence-corrected chi connectivity index (χ0v) is 17.1.